The van der Waals surface area contributed by atoms with Crippen molar-refractivity contribution in [3.63, 3.8) is 0 Å². The Hall–Kier alpha value is -1.07. The van der Waals surface area contributed by atoms with Gasteiger partial charge in [0.1, 0.15) is 6.26 Å². The molecule has 1 aromatic heterocycles. The molecule has 1 aliphatic heterocycles. The highest BCUT2D eigenvalue weighted by Gasteiger charge is 2.23. The standard InChI is InChI=1S/C14H26N4O/c1-4-7-15-9-12-11-19-14(16-12)18(3)10-13-6-5-8-17(13)2/h11,13,15H,4-10H2,1-3H3. The molecular weight excluding hydrogens is 240 g/mol. The lowest BCUT2D eigenvalue weighted by molar-refractivity contribution is 0.311. The topological polar surface area (TPSA) is 44.5 Å². The third kappa shape index (κ3) is 3.94. The van der Waals surface area contributed by atoms with Crippen LogP contribution >= 0.6 is 0 Å². The quantitative estimate of drug-likeness (QED) is 0.761. The second-order valence-corrected chi connectivity index (χ2v) is 5.46. The summed E-state index contributed by atoms with van der Waals surface area (Å²) in [6.07, 6.45) is 5.46. The van der Waals surface area contributed by atoms with E-state index in [9.17, 15) is 0 Å². The first-order chi connectivity index (χ1) is 9.20. The Morgan fingerprint density at radius 3 is 3.11 bits per heavy atom. The summed E-state index contributed by atoms with van der Waals surface area (Å²) < 4.78 is 5.56. The largest absolute Gasteiger partial charge is 0.432 e. The summed E-state index contributed by atoms with van der Waals surface area (Å²) in [6, 6.07) is 1.35. The van der Waals surface area contributed by atoms with Gasteiger partial charge in [-0.15, -0.1) is 0 Å². The van der Waals surface area contributed by atoms with Crippen molar-refractivity contribution in [2.24, 2.45) is 0 Å². The molecule has 0 aromatic carbocycles. The minimum absolute atomic E-state index is 0.624. The molecule has 0 amide bonds. The van der Waals surface area contributed by atoms with Crippen LogP contribution in [0.3, 0.4) is 0 Å². The van der Waals surface area contributed by atoms with Crippen LogP contribution in [0.25, 0.3) is 0 Å². The lowest BCUT2D eigenvalue weighted by atomic mass is 10.2. The van der Waals surface area contributed by atoms with Crippen LogP contribution in [0.4, 0.5) is 6.01 Å². The summed E-state index contributed by atoms with van der Waals surface area (Å²) in [5, 5.41) is 3.33. The molecule has 1 aliphatic rings. The third-order valence-electron chi connectivity index (χ3n) is 3.76. The van der Waals surface area contributed by atoms with E-state index in [-0.39, 0.29) is 0 Å². The first-order valence-electron chi connectivity index (χ1n) is 7.27. The molecule has 0 radical (unpaired) electrons. The van der Waals surface area contributed by atoms with E-state index in [0.29, 0.717) is 6.04 Å². The molecule has 0 aliphatic carbocycles. The smallest absolute Gasteiger partial charge is 0.297 e. The molecule has 1 N–H and O–H groups in total. The zero-order valence-electron chi connectivity index (χ0n) is 12.4. The Morgan fingerprint density at radius 1 is 1.58 bits per heavy atom. The van der Waals surface area contributed by atoms with Gasteiger partial charge in [0, 0.05) is 26.2 Å². The molecular formula is C14H26N4O. The van der Waals surface area contributed by atoms with Gasteiger partial charge in [0.15, 0.2) is 0 Å². The Labute approximate surface area is 116 Å². The predicted molar refractivity (Wildman–Crippen MR) is 77.4 cm³/mol. The van der Waals surface area contributed by atoms with E-state index in [4.69, 9.17) is 4.42 Å². The van der Waals surface area contributed by atoms with Crippen LogP contribution < -0.4 is 10.2 Å². The fourth-order valence-electron chi connectivity index (χ4n) is 2.55. The van der Waals surface area contributed by atoms with Gasteiger partial charge in [0.2, 0.25) is 0 Å². The van der Waals surface area contributed by atoms with E-state index in [1.165, 1.54) is 19.4 Å². The van der Waals surface area contributed by atoms with Gasteiger partial charge in [-0.1, -0.05) is 6.92 Å². The summed E-state index contributed by atoms with van der Waals surface area (Å²) in [5.74, 6) is 0. The van der Waals surface area contributed by atoms with Crippen LogP contribution in [-0.4, -0.2) is 49.7 Å². The summed E-state index contributed by atoms with van der Waals surface area (Å²) in [6.45, 7) is 6.15. The van der Waals surface area contributed by atoms with Crippen molar-refractivity contribution >= 4 is 6.01 Å². The molecule has 1 unspecified atom stereocenters. The van der Waals surface area contributed by atoms with E-state index in [1.807, 2.05) is 0 Å². The number of rotatable bonds is 7. The maximum atomic E-state index is 5.56. The van der Waals surface area contributed by atoms with E-state index >= 15 is 0 Å². The summed E-state index contributed by atoms with van der Waals surface area (Å²) >= 11 is 0. The molecule has 2 rings (SSSR count). The molecule has 1 atom stereocenters. The summed E-state index contributed by atoms with van der Waals surface area (Å²) in [4.78, 5) is 9.07. The van der Waals surface area contributed by atoms with Crippen LogP contribution in [0.5, 0.6) is 0 Å². The number of aromatic nitrogens is 1. The van der Waals surface area contributed by atoms with Gasteiger partial charge >= 0.3 is 0 Å². The molecule has 1 fully saturated rings. The number of nitrogens with zero attached hydrogens (tertiary/aromatic N) is 3. The fraction of sp³-hybridized carbons (Fsp3) is 0.786. The van der Waals surface area contributed by atoms with Gasteiger partial charge in [-0.3, -0.25) is 0 Å². The highest BCUT2D eigenvalue weighted by molar-refractivity contribution is 5.25. The van der Waals surface area contributed by atoms with Crippen LogP contribution in [0.15, 0.2) is 10.7 Å². The second kappa shape index (κ2) is 6.91. The van der Waals surface area contributed by atoms with E-state index in [1.54, 1.807) is 6.26 Å². The van der Waals surface area contributed by atoms with E-state index < -0.39 is 0 Å². The maximum Gasteiger partial charge on any atom is 0.297 e. The van der Waals surface area contributed by atoms with Gasteiger partial charge < -0.3 is 19.5 Å². The molecule has 0 saturated carbocycles. The fourth-order valence-corrected chi connectivity index (χ4v) is 2.55. The zero-order chi connectivity index (χ0) is 13.7. The molecule has 5 nitrogen and oxygen atoms in total. The number of nitrogens with one attached hydrogen (secondary N) is 1. The molecule has 5 heteroatoms. The highest BCUT2D eigenvalue weighted by atomic mass is 16.4. The van der Waals surface area contributed by atoms with Crippen molar-refractivity contribution in [2.45, 2.75) is 38.8 Å². The third-order valence-corrected chi connectivity index (χ3v) is 3.76. The SMILES string of the molecule is CCCNCc1coc(N(C)CC2CCCN2C)n1. The van der Waals surface area contributed by atoms with Crippen molar-refractivity contribution < 1.29 is 4.42 Å². The van der Waals surface area contributed by atoms with Crippen molar-refractivity contribution in [1.82, 2.24) is 15.2 Å². The average Bonchev–Trinajstić information content (AvgIpc) is 3.00. The Kier molecular flexibility index (Phi) is 5.22. The van der Waals surface area contributed by atoms with Gasteiger partial charge in [-0.25, -0.2) is 0 Å². The molecule has 0 spiro atoms. The number of anilines is 1. The van der Waals surface area contributed by atoms with Gasteiger partial charge in [0.25, 0.3) is 6.01 Å². The lowest BCUT2D eigenvalue weighted by Crippen LogP contribution is -2.36. The molecule has 108 valence electrons. The van der Waals surface area contributed by atoms with Gasteiger partial charge in [-0.2, -0.15) is 4.98 Å². The molecule has 19 heavy (non-hydrogen) atoms. The number of hydrogen-bond donors (Lipinski definition) is 1. The minimum atomic E-state index is 0.624. The first kappa shape index (κ1) is 14.3. The Bertz CT molecular complexity index is 379. The summed E-state index contributed by atoms with van der Waals surface area (Å²) in [5.41, 5.74) is 0.982. The number of hydrogen-bond acceptors (Lipinski definition) is 5. The van der Waals surface area contributed by atoms with E-state index in [0.717, 1.165) is 37.8 Å². The average molecular weight is 266 g/mol. The van der Waals surface area contributed by atoms with Gasteiger partial charge in [-0.05, 0) is 39.4 Å². The summed E-state index contributed by atoms with van der Waals surface area (Å²) in [7, 11) is 4.25. The van der Waals surface area contributed by atoms with Gasteiger partial charge in [0.05, 0.1) is 5.69 Å². The zero-order valence-corrected chi connectivity index (χ0v) is 12.4. The molecule has 0 bridgehead atoms. The van der Waals surface area contributed by atoms with Crippen LogP contribution in [0.2, 0.25) is 0 Å². The molecule has 1 saturated heterocycles. The van der Waals surface area contributed by atoms with Crippen molar-refractivity contribution in [3.05, 3.63) is 12.0 Å². The van der Waals surface area contributed by atoms with Crippen LogP contribution in [0.1, 0.15) is 31.9 Å². The van der Waals surface area contributed by atoms with Crippen LogP contribution in [0, 0.1) is 0 Å². The first-order valence-corrected chi connectivity index (χ1v) is 7.27. The number of oxazole rings is 1. The Morgan fingerprint density at radius 2 is 2.42 bits per heavy atom. The highest BCUT2D eigenvalue weighted by Crippen LogP contribution is 2.19. The number of likely N-dealkylation sites (N-methyl/N-ethyl adjacent to an activating group) is 2. The van der Waals surface area contributed by atoms with Crippen molar-refractivity contribution in [2.75, 3.05) is 38.6 Å². The Balaban J connectivity index is 1.83. The van der Waals surface area contributed by atoms with E-state index in [2.05, 4.69) is 41.1 Å². The molecule has 1 aromatic rings. The van der Waals surface area contributed by atoms with Crippen molar-refractivity contribution in [3.8, 4) is 0 Å². The van der Waals surface area contributed by atoms with Crippen LogP contribution in [-0.2, 0) is 6.54 Å². The molecule has 2 heterocycles. The minimum Gasteiger partial charge on any atom is -0.432 e. The lowest BCUT2D eigenvalue weighted by Gasteiger charge is -2.24. The maximum absolute atomic E-state index is 5.56. The normalized spacial score (nSPS) is 20.1. The second-order valence-electron chi connectivity index (χ2n) is 5.46. The number of likely N-dealkylation sites (tertiary alicyclic amines) is 1. The monoisotopic (exact) mass is 266 g/mol. The van der Waals surface area contributed by atoms with Crippen molar-refractivity contribution in [1.29, 1.82) is 0 Å². The predicted octanol–water partition coefficient (Wildman–Crippen LogP) is 1.70.